The van der Waals surface area contributed by atoms with Gasteiger partial charge in [0.2, 0.25) is 5.91 Å². The molecule has 1 unspecified atom stereocenters. The molecule has 3 aromatic rings. The number of hydrogen-bond acceptors (Lipinski definition) is 4. The molecule has 3 aliphatic rings. The maximum absolute atomic E-state index is 13.9. The SMILES string of the molecule is O=C(O)[C@H]1CCCC[C@H]1C(=O)N1CCc2ccccc2C1CN1C(=O)c2ccc3ccccc3c2C1=O. The summed E-state index contributed by atoms with van der Waals surface area (Å²) >= 11 is 0. The van der Waals surface area contributed by atoms with Crippen molar-refractivity contribution >= 4 is 34.5 Å². The molecule has 0 bridgehead atoms. The maximum atomic E-state index is 13.9. The van der Waals surface area contributed by atoms with Gasteiger partial charge in [0.25, 0.3) is 11.8 Å². The Labute approximate surface area is 214 Å². The number of nitrogens with zero attached hydrogens (tertiary/aromatic N) is 2. The van der Waals surface area contributed by atoms with Crippen molar-refractivity contribution in [3.8, 4) is 0 Å². The lowest BCUT2D eigenvalue weighted by molar-refractivity contribution is -0.153. The molecule has 2 aliphatic heterocycles. The fourth-order valence-electron chi connectivity index (χ4n) is 6.44. The molecule has 3 atom stereocenters. The van der Waals surface area contributed by atoms with Gasteiger partial charge in [-0.1, -0.05) is 67.4 Å². The Balaban J connectivity index is 1.37. The molecule has 1 aliphatic carbocycles. The minimum absolute atomic E-state index is 0.0356. The number of amides is 3. The van der Waals surface area contributed by atoms with Gasteiger partial charge < -0.3 is 10.0 Å². The lowest BCUT2D eigenvalue weighted by atomic mass is 9.77. The molecule has 188 valence electrons. The van der Waals surface area contributed by atoms with E-state index < -0.39 is 23.8 Å². The first-order valence-electron chi connectivity index (χ1n) is 12.9. The van der Waals surface area contributed by atoms with Crippen molar-refractivity contribution in [2.45, 2.75) is 38.1 Å². The smallest absolute Gasteiger partial charge is 0.307 e. The lowest BCUT2D eigenvalue weighted by Gasteiger charge is -2.42. The minimum Gasteiger partial charge on any atom is -0.481 e. The van der Waals surface area contributed by atoms with Crippen molar-refractivity contribution in [1.82, 2.24) is 9.80 Å². The molecule has 7 heteroatoms. The third-order valence-corrected chi connectivity index (χ3v) is 8.31. The van der Waals surface area contributed by atoms with E-state index in [9.17, 15) is 24.3 Å². The average Bonchev–Trinajstić information content (AvgIpc) is 3.17. The zero-order valence-electron chi connectivity index (χ0n) is 20.4. The van der Waals surface area contributed by atoms with E-state index >= 15 is 0 Å². The first kappa shape index (κ1) is 23.4. The van der Waals surface area contributed by atoms with E-state index in [0.717, 1.165) is 34.7 Å². The largest absolute Gasteiger partial charge is 0.481 e. The van der Waals surface area contributed by atoms with Crippen LogP contribution in [0.15, 0.2) is 60.7 Å². The molecule has 0 radical (unpaired) electrons. The summed E-state index contributed by atoms with van der Waals surface area (Å²) in [6, 6.07) is 18.3. The second-order valence-electron chi connectivity index (χ2n) is 10.3. The first-order valence-corrected chi connectivity index (χ1v) is 12.9. The predicted octanol–water partition coefficient (Wildman–Crippen LogP) is 4.45. The number of benzene rings is 3. The van der Waals surface area contributed by atoms with Gasteiger partial charge in [-0.2, -0.15) is 0 Å². The summed E-state index contributed by atoms with van der Waals surface area (Å²) < 4.78 is 0. The molecule has 3 aromatic carbocycles. The number of fused-ring (bicyclic) bond motifs is 4. The number of imide groups is 1. The number of carbonyl (C=O) groups is 4. The van der Waals surface area contributed by atoms with Crippen LogP contribution in [0.25, 0.3) is 10.8 Å². The number of rotatable bonds is 4. The number of carboxylic acid groups (broad SMARTS) is 1. The molecular formula is C30H28N2O5. The summed E-state index contributed by atoms with van der Waals surface area (Å²) in [5.74, 6) is -3.13. The average molecular weight is 497 g/mol. The quantitative estimate of drug-likeness (QED) is 0.539. The molecule has 0 saturated heterocycles. The first-order chi connectivity index (χ1) is 18.0. The molecule has 37 heavy (non-hydrogen) atoms. The van der Waals surface area contributed by atoms with Crippen LogP contribution in [0, 0.1) is 11.8 Å². The number of carbonyl (C=O) groups excluding carboxylic acids is 3. The van der Waals surface area contributed by atoms with Crippen LogP contribution in [0.3, 0.4) is 0 Å². The summed E-state index contributed by atoms with van der Waals surface area (Å²) in [6.45, 7) is 0.462. The third kappa shape index (κ3) is 3.80. The van der Waals surface area contributed by atoms with Gasteiger partial charge in [-0.25, -0.2) is 0 Å². The molecule has 2 heterocycles. The van der Waals surface area contributed by atoms with Crippen molar-refractivity contribution in [2.24, 2.45) is 11.8 Å². The zero-order chi connectivity index (χ0) is 25.7. The van der Waals surface area contributed by atoms with Crippen LogP contribution < -0.4 is 0 Å². The van der Waals surface area contributed by atoms with Gasteiger partial charge in [0.15, 0.2) is 0 Å². The number of aliphatic carboxylic acids is 1. The summed E-state index contributed by atoms with van der Waals surface area (Å²) in [5.41, 5.74) is 2.77. The maximum Gasteiger partial charge on any atom is 0.307 e. The molecule has 7 nitrogen and oxygen atoms in total. The van der Waals surface area contributed by atoms with Crippen LogP contribution in [0.2, 0.25) is 0 Å². The summed E-state index contributed by atoms with van der Waals surface area (Å²) in [6.07, 6.45) is 3.30. The normalized spacial score (nSPS) is 23.2. The Morgan fingerprint density at radius 1 is 0.865 bits per heavy atom. The minimum atomic E-state index is -0.931. The highest BCUT2D eigenvalue weighted by Crippen LogP contribution is 2.39. The van der Waals surface area contributed by atoms with Gasteiger partial charge in [-0.05, 0) is 47.2 Å². The Bertz CT molecular complexity index is 1450. The van der Waals surface area contributed by atoms with E-state index in [4.69, 9.17) is 0 Å². The van der Waals surface area contributed by atoms with E-state index in [1.165, 1.54) is 4.90 Å². The van der Waals surface area contributed by atoms with Gasteiger partial charge in [0.1, 0.15) is 0 Å². The fraction of sp³-hybridized carbons (Fsp3) is 0.333. The number of hydrogen-bond donors (Lipinski definition) is 1. The molecular weight excluding hydrogens is 468 g/mol. The Morgan fingerprint density at radius 3 is 2.41 bits per heavy atom. The zero-order valence-corrected chi connectivity index (χ0v) is 20.4. The fourth-order valence-corrected chi connectivity index (χ4v) is 6.44. The third-order valence-electron chi connectivity index (χ3n) is 8.31. The Kier molecular flexibility index (Phi) is 5.78. The highest BCUT2D eigenvalue weighted by atomic mass is 16.4. The van der Waals surface area contributed by atoms with Crippen molar-refractivity contribution in [2.75, 3.05) is 13.1 Å². The van der Waals surface area contributed by atoms with Gasteiger partial charge >= 0.3 is 5.97 Å². The van der Waals surface area contributed by atoms with E-state index in [1.807, 2.05) is 54.6 Å². The second-order valence-corrected chi connectivity index (χ2v) is 10.3. The topological polar surface area (TPSA) is 95.0 Å². The number of carboxylic acids is 1. The molecule has 0 aromatic heterocycles. The van der Waals surface area contributed by atoms with Crippen molar-refractivity contribution in [1.29, 1.82) is 0 Å². The van der Waals surface area contributed by atoms with Crippen LogP contribution in [-0.2, 0) is 16.0 Å². The molecule has 6 rings (SSSR count). The van der Waals surface area contributed by atoms with Crippen LogP contribution in [-0.4, -0.2) is 51.7 Å². The van der Waals surface area contributed by atoms with Crippen LogP contribution in [0.5, 0.6) is 0 Å². The Morgan fingerprint density at radius 2 is 1.59 bits per heavy atom. The van der Waals surface area contributed by atoms with E-state index in [1.54, 1.807) is 11.0 Å². The molecule has 1 N–H and O–H groups in total. The standard InChI is InChI=1S/C30H28N2O5/c33-27(22-11-5-6-12-23(22)30(36)37)31-16-15-19-8-1-3-9-20(19)25(31)17-32-28(34)24-14-13-18-7-2-4-10-21(18)26(24)29(32)35/h1-4,7-10,13-14,22-23,25H,5-6,11-12,15-17H2,(H,36,37)/t22-,23+,25?/m1/s1. The lowest BCUT2D eigenvalue weighted by Crippen LogP contribution is -2.50. The molecule has 3 amide bonds. The van der Waals surface area contributed by atoms with Crippen LogP contribution in [0.1, 0.15) is 63.6 Å². The van der Waals surface area contributed by atoms with Crippen LogP contribution >= 0.6 is 0 Å². The summed E-state index contributed by atoms with van der Waals surface area (Å²) in [7, 11) is 0. The van der Waals surface area contributed by atoms with Crippen LogP contribution in [0.4, 0.5) is 0 Å². The van der Waals surface area contributed by atoms with E-state index in [-0.39, 0.29) is 24.3 Å². The highest BCUT2D eigenvalue weighted by Gasteiger charge is 2.44. The molecule has 1 fully saturated rings. The highest BCUT2D eigenvalue weighted by molar-refractivity contribution is 6.26. The molecule has 0 spiro atoms. The van der Waals surface area contributed by atoms with Gasteiger partial charge in [0.05, 0.1) is 35.5 Å². The van der Waals surface area contributed by atoms with E-state index in [2.05, 4.69) is 0 Å². The van der Waals surface area contributed by atoms with Gasteiger partial charge in [0, 0.05) is 6.54 Å². The molecule has 1 saturated carbocycles. The monoisotopic (exact) mass is 496 g/mol. The van der Waals surface area contributed by atoms with Crippen molar-refractivity contribution in [3.63, 3.8) is 0 Å². The summed E-state index contributed by atoms with van der Waals surface area (Å²) in [4.78, 5) is 56.0. The van der Waals surface area contributed by atoms with Gasteiger partial charge in [-0.3, -0.25) is 24.1 Å². The van der Waals surface area contributed by atoms with E-state index in [0.29, 0.717) is 36.9 Å². The predicted molar refractivity (Wildman–Crippen MR) is 137 cm³/mol. The van der Waals surface area contributed by atoms with Crippen molar-refractivity contribution < 1.29 is 24.3 Å². The summed E-state index contributed by atoms with van der Waals surface area (Å²) in [5, 5.41) is 11.4. The Hall–Kier alpha value is -4.00. The second kappa shape index (κ2) is 9.14. The van der Waals surface area contributed by atoms with Crippen molar-refractivity contribution in [3.05, 3.63) is 82.9 Å². The van der Waals surface area contributed by atoms with Gasteiger partial charge in [-0.15, -0.1) is 0 Å².